The van der Waals surface area contributed by atoms with E-state index in [2.05, 4.69) is 15.6 Å². The maximum absolute atomic E-state index is 12.6. The highest BCUT2D eigenvalue weighted by Crippen LogP contribution is 2.19. The number of aromatic nitrogens is 3. The van der Waals surface area contributed by atoms with Gasteiger partial charge in [0, 0.05) is 19.5 Å². The number of carbonyl (C=O) groups excluding carboxylic acids is 1. The molecule has 1 atom stereocenters. The molecular weight excluding hydrogens is 430 g/mol. The molecule has 32 heavy (non-hydrogen) atoms. The molecule has 2 aromatic carbocycles. The standard InChI is InChI=1S/C22H27N5O4S/c1-4-26(5-2)32(30,31)18-12-10-17(11-13-18)16(3)23-21(28)14-15-27-22(29)19-8-6-7-9-20(19)24-25-27/h6-13,16H,4-5,14-15H2,1-3H3,(H,23,28). The fourth-order valence-electron chi connectivity index (χ4n) is 3.42. The van der Waals surface area contributed by atoms with E-state index in [0.29, 0.717) is 24.0 Å². The quantitative estimate of drug-likeness (QED) is 0.526. The number of aryl methyl sites for hydroxylation is 1. The first-order chi connectivity index (χ1) is 15.3. The summed E-state index contributed by atoms with van der Waals surface area (Å²) in [5.74, 6) is -0.251. The molecule has 1 aromatic heterocycles. The number of benzene rings is 2. The SMILES string of the molecule is CCN(CC)S(=O)(=O)c1ccc(C(C)NC(=O)CCn2nnc3ccccc3c2=O)cc1. The highest BCUT2D eigenvalue weighted by Gasteiger charge is 2.21. The fraction of sp³-hybridized carbons (Fsp3) is 0.364. The van der Waals surface area contributed by atoms with E-state index in [1.807, 2.05) is 6.92 Å². The number of rotatable bonds is 9. The van der Waals surface area contributed by atoms with Crippen LogP contribution >= 0.6 is 0 Å². The first-order valence-corrected chi connectivity index (χ1v) is 11.9. The van der Waals surface area contributed by atoms with Crippen LogP contribution in [0.15, 0.2) is 58.2 Å². The van der Waals surface area contributed by atoms with Crippen molar-refractivity contribution < 1.29 is 13.2 Å². The van der Waals surface area contributed by atoms with E-state index >= 15 is 0 Å². The Balaban J connectivity index is 1.62. The Labute approximate surface area is 187 Å². The molecule has 10 heteroatoms. The molecule has 0 aliphatic rings. The Morgan fingerprint density at radius 3 is 2.41 bits per heavy atom. The summed E-state index contributed by atoms with van der Waals surface area (Å²) in [6, 6.07) is 13.1. The Bertz CT molecular complexity index is 1250. The van der Waals surface area contributed by atoms with E-state index in [9.17, 15) is 18.0 Å². The van der Waals surface area contributed by atoms with Gasteiger partial charge in [0.15, 0.2) is 0 Å². The molecule has 3 rings (SSSR count). The van der Waals surface area contributed by atoms with E-state index in [0.717, 1.165) is 5.56 Å². The van der Waals surface area contributed by atoms with Gasteiger partial charge in [-0.05, 0) is 36.8 Å². The highest BCUT2D eigenvalue weighted by molar-refractivity contribution is 7.89. The Morgan fingerprint density at radius 1 is 1.09 bits per heavy atom. The summed E-state index contributed by atoms with van der Waals surface area (Å²) in [7, 11) is -3.52. The van der Waals surface area contributed by atoms with Crippen LogP contribution in [0.5, 0.6) is 0 Å². The van der Waals surface area contributed by atoms with Crippen LogP contribution in [0.25, 0.3) is 10.9 Å². The molecule has 1 heterocycles. The molecule has 9 nitrogen and oxygen atoms in total. The zero-order valence-corrected chi connectivity index (χ0v) is 19.2. The predicted molar refractivity (Wildman–Crippen MR) is 122 cm³/mol. The van der Waals surface area contributed by atoms with E-state index < -0.39 is 10.0 Å². The van der Waals surface area contributed by atoms with Gasteiger partial charge in [0.1, 0.15) is 5.52 Å². The largest absolute Gasteiger partial charge is 0.350 e. The number of amides is 1. The summed E-state index contributed by atoms with van der Waals surface area (Å²) in [5, 5.41) is 11.2. The van der Waals surface area contributed by atoms with Crippen LogP contribution in [0.1, 0.15) is 38.8 Å². The molecule has 0 aliphatic carbocycles. The monoisotopic (exact) mass is 457 g/mol. The lowest BCUT2D eigenvalue weighted by atomic mass is 10.1. The molecule has 3 aromatic rings. The van der Waals surface area contributed by atoms with Gasteiger partial charge in [-0.3, -0.25) is 9.59 Å². The van der Waals surface area contributed by atoms with Gasteiger partial charge in [0.2, 0.25) is 15.9 Å². The molecule has 0 fully saturated rings. The first kappa shape index (κ1) is 23.6. The van der Waals surface area contributed by atoms with Gasteiger partial charge in [-0.2, -0.15) is 4.31 Å². The normalized spacial score (nSPS) is 12.8. The third kappa shape index (κ3) is 5.03. The van der Waals surface area contributed by atoms with Gasteiger partial charge < -0.3 is 5.32 Å². The first-order valence-electron chi connectivity index (χ1n) is 10.5. The third-order valence-corrected chi connectivity index (χ3v) is 7.34. The number of sulfonamides is 1. The van der Waals surface area contributed by atoms with Crippen molar-refractivity contribution in [2.24, 2.45) is 0 Å². The molecule has 0 radical (unpaired) electrons. The minimum Gasteiger partial charge on any atom is -0.350 e. The second-order valence-electron chi connectivity index (χ2n) is 7.33. The zero-order valence-electron chi connectivity index (χ0n) is 18.4. The molecule has 0 aliphatic heterocycles. The minimum atomic E-state index is -3.52. The van der Waals surface area contributed by atoms with Gasteiger partial charge in [-0.15, -0.1) is 5.10 Å². The number of nitrogens with one attached hydrogen (secondary N) is 1. The number of fused-ring (bicyclic) bond motifs is 1. The van der Waals surface area contributed by atoms with Crippen molar-refractivity contribution in [3.05, 3.63) is 64.4 Å². The van der Waals surface area contributed by atoms with E-state index in [4.69, 9.17) is 0 Å². The molecule has 1 amide bonds. The van der Waals surface area contributed by atoms with Crippen LogP contribution in [0.4, 0.5) is 0 Å². The number of hydrogen-bond donors (Lipinski definition) is 1. The smallest absolute Gasteiger partial charge is 0.277 e. The second kappa shape index (κ2) is 10.0. The molecule has 1 unspecified atom stereocenters. The lowest BCUT2D eigenvalue weighted by molar-refractivity contribution is -0.122. The van der Waals surface area contributed by atoms with Crippen molar-refractivity contribution in [2.45, 2.75) is 44.7 Å². The lowest BCUT2D eigenvalue weighted by Gasteiger charge is -2.19. The second-order valence-corrected chi connectivity index (χ2v) is 9.27. The summed E-state index contributed by atoms with van der Waals surface area (Å²) < 4.78 is 27.8. The summed E-state index contributed by atoms with van der Waals surface area (Å²) in [6.07, 6.45) is 0.0612. The van der Waals surface area contributed by atoms with Crippen LogP contribution < -0.4 is 10.9 Å². The molecule has 1 N–H and O–H groups in total. The molecule has 170 valence electrons. The van der Waals surface area contributed by atoms with Crippen molar-refractivity contribution in [3.8, 4) is 0 Å². The van der Waals surface area contributed by atoms with E-state index in [-0.39, 0.29) is 35.4 Å². The molecule has 0 bridgehead atoms. The number of carbonyl (C=O) groups is 1. The lowest BCUT2D eigenvalue weighted by Crippen LogP contribution is -2.31. The maximum Gasteiger partial charge on any atom is 0.277 e. The summed E-state index contributed by atoms with van der Waals surface area (Å²) in [6.45, 7) is 6.31. The summed E-state index contributed by atoms with van der Waals surface area (Å²) in [5.41, 5.74) is 0.999. The van der Waals surface area contributed by atoms with Crippen LogP contribution in [0.2, 0.25) is 0 Å². The Kier molecular flexibility index (Phi) is 7.37. The summed E-state index contributed by atoms with van der Waals surface area (Å²) in [4.78, 5) is 25.1. The fourth-order valence-corrected chi connectivity index (χ4v) is 4.87. The maximum atomic E-state index is 12.6. The zero-order chi connectivity index (χ0) is 23.3. The van der Waals surface area contributed by atoms with Crippen molar-refractivity contribution >= 4 is 26.8 Å². The van der Waals surface area contributed by atoms with E-state index in [1.54, 1.807) is 62.4 Å². The minimum absolute atomic E-state index is 0.0612. The van der Waals surface area contributed by atoms with Crippen molar-refractivity contribution in [2.75, 3.05) is 13.1 Å². The average molecular weight is 458 g/mol. The van der Waals surface area contributed by atoms with Crippen LogP contribution in [-0.4, -0.2) is 46.7 Å². The number of hydrogen-bond acceptors (Lipinski definition) is 6. The van der Waals surface area contributed by atoms with Gasteiger partial charge in [0.25, 0.3) is 5.56 Å². The molecule has 0 saturated carbocycles. The predicted octanol–water partition coefficient (Wildman–Crippen LogP) is 2.09. The van der Waals surface area contributed by atoms with E-state index in [1.165, 1.54) is 8.99 Å². The van der Waals surface area contributed by atoms with Crippen molar-refractivity contribution in [1.82, 2.24) is 24.6 Å². The molecular formula is C22H27N5O4S. The van der Waals surface area contributed by atoms with Gasteiger partial charge in [0.05, 0.1) is 22.9 Å². The third-order valence-electron chi connectivity index (χ3n) is 5.28. The number of nitrogens with zero attached hydrogens (tertiary/aromatic N) is 4. The Hall–Kier alpha value is -3.11. The topological polar surface area (TPSA) is 114 Å². The van der Waals surface area contributed by atoms with Crippen LogP contribution in [0, 0.1) is 0 Å². The van der Waals surface area contributed by atoms with Gasteiger partial charge in [-0.1, -0.05) is 43.3 Å². The van der Waals surface area contributed by atoms with Gasteiger partial charge in [-0.25, -0.2) is 13.1 Å². The molecule has 0 saturated heterocycles. The van der Waals surface area contributed by atoms with Crippen molar-refractivity contribution in [3.63, 3.8) is 0 Å². The van der Waals surface area contributed by atoms with Crippen LogP contribution in [-0.2, 0) is 21.4 Å². The molecule has 0 spiro atoms. The average Bonchev–Trinajstić information content (AvgIpc) is 2.79. The van der Waals surface area contributed by atoms with Crippen molar-refractivity contribution in [1.29, 1.82) is 0 Å². The van der Waals surface area contributed by atoms with Crippen LogP contribution in [0.3, 0.4) is 0 Å². The highest BCUT2D eigenvalue weighted by atomic mass is 32.2. The van der Waals surface area contributed by atoms with Gasteiger partial charge >= 0.3 is 0 Å². The summed E-state index contributed by atoms with van der Waals surface area (Å²) >= 11 is 0. The Morgan fingerprint density at radius 2 is 1.75 bits per heavy atom.